The topological polar surface area (TPSA) is 86.7 Å². The molecule has 0 aliphatic carbocycles. The van der Waals surface area contributed by atoms with Crippen molar-refractivity contribution in [3.63, 3.8) is 0 Å². The van der Waals surface area contributed by atoms with Crippen molar-refractivity contribution in [2.24, 2.45) is 4.99 Å². The van der Waals surface area contributed by atoms with E-state index in [2.05, 4.69) is 11.6 Å². The van der Waals surface area contributed by atoms with E-state index in [1.54, 1.807) is 12.1 Å². The minimum atomic E-state index is -0.440. The molecule has 0 saturated carbocycles. The normalized spacial score (nSPS) is 11.5. The summed E-state index contributed by atoms with van der Waals surface area (Å²) in [5, 5.41) is 11.0. The Labute approximate surface area is 165 Å². The molecule has 0 radical (unpaired) electrons. The van der Waals surface area contributed by atoms with E-state index in [0.717, 1.165) is 16.8 Å². The van der Waals surface area contributed by atoms with Gasteiger partial charge in [0.1, 0.15) is 5.75 Å². The number of non-ortho nitro benzene ring substituents is 1. The molecule has 1 aromatic heterocycles. The van der Waals surface area contributed by atoms with Crippen molar-refractivity contribution in [2.75, 3.05) is 6.61 Å². The van der Waals surface area contributed by atoms with Crippen molar-refractivity contribution in [2.45, 2.75) is 19.9 Å². The number of fused-ring (bicyclic) bond motifs is 1. The van der Waals surface area contributed by atoms with Gasteiger partial charge in [0.25, 0.3) is 11.6 Å². The molecule has 0 atom stereocenters. The fourth-order valence-corrected chi connectivity index (χ4v) is 3.85. The van der Waals surface area contributed by atoms with Crippen LogP contribution in [0.1, 0.15) is 12.5 Å². The van der Waals surface area contributed by atoms with Gasteiger partial charge in [-0.05, 0) is 30.7 Å². The second-order valence-electron chi connectivity index (χ2n) is 5.95. The van der Waals surface area contributed by atoms with Gasteiger partial charge in [-0.2, -0.15) is 4.99 Å². The van der Waals surface area contributed by atoms with Gasteiger partial charge < -0.3 is 9.30 Å². The lowest BCUT2D eigenvalue weighted by molar-refractivity contribution is -0.384. The lowest BCUT2D eigenvalue weighted by Gasteiger charge is -2.03. The Balaban J connectivity index is 1.92. The maximum Gasteiger partial charge on any atom is 0.270 e. The molecule has 144 valence electrons. The van der Waals surface area contributed by atoms with Crippen molar-refractivity contribution in [1.29, 1.82) is 0 Å². The number of nitro groups is 1. The van der Waals surface area contributed by atoms with Gasteiger partial charge in [-0.1, -0.05) is 29.5 Å². The molecular formula is C20H19N3O4S. The number of carbonyl (C=O) groups is 1. The number of aromatic nitrogens is 1. The third-order valence-corrected chi connectivity index (χ3v) is 5.04. The van der Waals surface area contributed by atoms with Crippen LogP contribution in [0.25, 0.3) is 10.2 Å². The molecule has 0 unspecified atom stereocenters. The molecule has 7 nitrogen and oxygen atoms in total. The van der Waals surface area contributed by atoms with Gasteiger partial charge in [-0.3, -0.25) is 14.9 Å². The van der Waals surface area contributed by atoms with Crippen LogP contribution in [-0.2, 0) is 17.8 Å². The van der Waals surface area contributed by atoms with Crippen molar-refractivity contribution in [3.8, 4) is 5.75 Å². The summed E-state index contributed by atoms with van der Waals surface area (Å²) in [4.78, 5) is 27.8. The lowest BCUT2D eigenvalue weighted by atomic mass is 10.1. The largest absolute Gasteiger partial charge is 0.494 e. The first-order chi connectivity index (χ1) is 13.5. The molecule has 0 saturated heterocycles. The molecule has 0 bridgehead atoms. The molecule has 3 rings (SSSR count). The number of ether oxygens (including phenoxy) is 1. The van der Waals surface area contributed by atoms with E-state index < -0.39 is 4.92 Å². The number of allylic oxidation sites excluding steroid dienone is 1. The Kier molecular flexibility index (Phi) is 6.00. The number of nitro benzene ring substituents is 1. The SMILES string of the molecule is C=CCn1c(=NC(=O)Cc2ccc(OCC)cc2)sc2cc([N+](=O)[O-])ccc21. The number of nitrogens with zero attached hydrogens (tertiary/aromatic N) is 3. The van der Waals surface area contributed by atoms with E-state index in [4.69, 9.17) is 4.74 Å². The van der Waals surface area contributed by atoms with E-state index in [-0.39, 0.29) is 18.0 Å². The summed E-state index contributed by atoms with van der Waals surface area (Å²) in [5.74, 6) is 0.466. The molecule has 0 aliphatic rings. The molecule has 8 heteroatoms. The molecule has 1 amide bonds. The van der Waals surface area contributed by atoms with E-state index >= 15 is 0 Å². The first-order valence-electron chi connectivity index (χ1n) is 8.69. The van der Waals surface area contributed by atoms with Crippen molar-refractivity contribution in [3.05, 3.63) is 75.6 Å². The molecular weight excluding hydrogens is 378 g/mol. The van der Waals surface area contributed by atoms with Gasteiger partial charge >= 0.3 is 0 Å². The maximum atomic E-state index is 12.5. The number of hydrogen-bond donors (Lipinski definition) is 0. The van der Waals surface area contributed by atoms with E-state index in [9.17, 15) is 14.9 Å². The van der Waals surface area contributed by atoms with Crippen LogP contribution in [0.15, 0.2) is 60.1 Å². The Morgan fingerprint density at radius 1 is 1.32 bits per heavy atom. The Hall–Kier alpha value is -3.26. The average Bonchev–Trinajstić information content (AvgIpc) is 3.00. The molecule has 1 heterocycles. The van der Waals surface area contributed by atoms with Crippen LogP contribution in [0, 0.1) is 10.1 Å². The third kappa shape index (κ3) is 4.34. The van der Waals surface area contributed by atoms with Crippen molar-refractivity contribution in [1.82, 2.24) is 4.57 Å². The van der Waals surface area contributed by atoms with Gasteiger partial charge in [-0.15, -0.1) is 6.58 Å². The summed E-state index contributed by atoms with van der Waals surface area (Å²) in [6, 6.07) is 11.9. The number of thiazole rings is 1. The van der Waals surface area contributed by atoms with Gasteiger partial charge in [0.15, 0.2) is 4.80 Å². The molecule has 0 fully saturated rings. The number of benzene rings is 2. The molecule has 3 aromatic rings. The first-order valence-corrected chi connectivity index (χ1v) is 9.51. The standard InChI is InChI=1S/C20H19N3O4S/c1-3-11-22-17-10-7-15(23(25)26)13-18(17)28-20(22)21-19(24)12-14-5-8-16(9-6-14)27-4-2/h3,5-10,13H,1,4,11-12H2,2H3. The lowest BCUT2D eigenvalue weighted by Crippen LogP contribution is -2.16. The maximum absolute atomic E-state index is 12.5. The van der Waals surface area contributed by atoms with Crippen LogP contribution in [-0.4, -0.2) is 22.0 Å². The highest BCUT2D eigenvalue weighted by Crippen LogP contribution is 2.23. The van der Waals surface area contributed by atoms with Gasteiger partial charge in [0, 0.05) is 18.7 Å². The van der Waals surface area contributed by atoms with Gasteiger partial charge in [0.05, 0.1) is 28.2 Å². The first kappa shape index (κ1) is 19.5. The van der Waals surface area contributed by atoms with Crippen LogP contribution in [0.3, 0.4) is 0 Å². The molecule has 28 heavy (non-hydrogen) atoms. The third-order valence-electron chi connectivity index (χ3n) is 4.00. The number of amides is 1. The number of carbonyl (C=O) groups excluding carboxylic acids is 1. The zero-order valence-electron chi connectivity index (χ0n) is 15.3. The molecule has 0 spiro atoms. The minimum absolute atomic E-state index is 0.00627. The Bertz CT molecular complexity index is 1100. The Morgan fingerprint density at radius 2 is 2.07 bits per heavy atom. The molecule has 0 aliphatic heterocycles. The van der Waals surface area contributed by atoms with Crippen LogP contribution in [0.4, 0.5) is 5.69 Å². The van der Waals surface area contributed by atoms with Gasteiger partial charge in [0.2, 0.25) is 0 Å². The average molecular weight is 397 g/mol. The highest BCUT2D eigenvalue weighted by Gasteiger charge is 2.12. The van der Waals surface area contributed by atoms with Crippen molar-refractivity contribution >= 4 is 33.1 Å². The van der Waals surface area contributed by atoms with Crippen LogP contribution in [0.2, 0.25) is 0 Å². The second-order valence-corrected chi connectivity index (χ2v) is 6.96. The second kappa shape index (κ2) is 8.62. The van der Waals surface area contributed by atoms with Crippen LogP contribution >= 0.6 is 11.3 Å². The quantitative estimate of drug-likeness (QED) is 0.344. The van der Waals surface area contributed by atoms with Crippen molar-refractivity contribution < 1.29 is 14.5 Å². The zero-order valence-corrected chi connectivity index (χ0v) is 16.1. The fraction of sp³-hybridized carbons (Fsp3) is 0.200. The number of hydrogen-bond acceptors (Lipinski definition) is 5. The Morgan fingerprint density at radius 3 is 2.71 bits per heavy atom. The smallest absolute Gasteiger partial charge is 0.270 e. The van der Waals surface area contributed by atoms with Gasteiger partial charge in [-0.25, -0.2) is 0 Å². The summed E-state index contributed by atoms with van der Waals surface area (Å²) in [6.45, 7) is 6.68. The zero-order chi connectivity index (χ0) is 20.1. The monoisotopic (exact) mass is 397 g/mol. The highest BCUT2D eigenvalue weighted by atomic mass is 32.1. The molecule has 2 aromatic carbocycles. The summed E-state index contributed by atoms with van der Waals surface area (Å²) in [5.41, 5.74) is 1.62. The van der Waals surface area contributed by atoms with Crippen LogP contribution < -0.4 is 9.54 Å². The fourth-order valence-electron chi connectivity index (χ4n) is 2.76. The van der Waals surface area contributed by atoms with E-state index in [1.807, 2.05) is 35.8 Å². The summed E-state index contributed by atoms with van der Waals surface area (Å²) < 4.78 is 7.92. The predicted octanol–water partition coefficient (Wildman–Crippen LogP) is 3.87. The minimum Gasteiger partial charge on any atom is -0.494 e. The predicted molar refractivity (Wildman–Crippen MR) is 109 cm³/mol. The summed E-state index contributed by atoms with van der Waals surface area (Å²) in [6.07, 6.45) is 1.86. The van der Waals surface area contributed by atoms with Crippen LogP contribution in [0.5, 0.6) is 5.75 Å². The summed E-state index contributed by atoms with van der Waals surface area (Å²) in [7, 11) is 0. The van der Waals surface area contributed by atoms with E-state index in [1.165, 1.54) is 23.5 Å². The highest BCUT2D eigenvalue weighted by molar-refractivity contribution is 7.16. The summed E-state index contributed by atoms with van der Waals surface area (Å²) >= 11 is 1.25. The van der Waals surface area contributed by atoms with E-state index in [0.29, 0.717) is 22.7 Å². The number of rotatable bonds is 7. The molecule has 0 N–H and O–H groups in total.